The number of hydrogen-bond donors (Lipinski definition) is 1. The topological polar surface area (TPSA) is 89.2 Å². The fourth-order valence-corrected chi connectivity index (χ4v) is 3.55. The van der Waals surface area contributed by atoms with Crippen LogP contribution in [0.3, 0.4) is 0 Å². The molecule has 1 aliphatic carbocycles. The maximum Gasteiger partial charge on any atom is 0.230 e. The van der Waals surface area contributed by atoms with Gasteiger partial charge in [0.05, 0.1) is 5.25 Å². The second-order valence-electron chi connectivity index (χ2n) is 4.36. The van der Waals surface area contributed by atoms with Crippen molar-refractivity contribution in [2.45, 2.75) is 48.7 Å². The Morgan fingerprint density at radius 3 is 2.74 bits per heavy atom. The average Bonchev–Trinajstić information content (AvgIpc) is 3.10. The normalized spacial score (nSPS) is 16.1. The minimum absolute atomic E-state index is 0.0677. The number of nitrogens with two attached hydrogens (primary N) is 1. The minimum atomic E-state index is -0.384. The highest BCUT2D eigenvalue weighted by Crippen LogP contribution is 2.36. The van der Waals surface area contributed by atoms with Crippen LogP contribution in [0.4, 0.5) is 5.13 Å². The first-order chi connectivity index (χ1) is 9.02. The average molecular weight is 300 g/mol. The number of hydrogen-bond acceptors (Lipinski definition) is 6. The Hall–Kier alpha value is -1.15. The van der Waals surface area contributed by atoms with Crippen LogP contribution in [0, 0.1) is 0 Å². The van der Waals surface area contributed by atoms with Crippen LogP contribution in [-0.4, -0.2) is 33.3 Å². The van der Waals surface area contributed by atoms with Crippen molar-refractivity contribution in [3.8, 4) is 0 Å². The first-order valence-electron chi connectivity index (χ1n) is 6.14. The molecule has 104 valence electrons. The lowest BCUT2D eigenvalue weighted by Gasteiger charge is -2.17. The van der Waals surface area contributed by atoms with Gasteiger partial charge in [0.1, 0.15) is 0 Å². The van der Waals surface area contributed by atoms with E-state index in [9.17, 15) is 9.59 Å². The Kier molecular flexibility index (Phi) is 4.41. The lowest BCUT2D eigenvalue weighted by Crippen LogP contribution is -2.32. The van der Waals surface area contributed by atoms with Gasteiger partial charge in [-0.2, -0.15) is 0 Å². The van der Waals surface area contributed by atoms with Gasteiger partial charge < -0.3 is 5.73 Å². The Balaban J connectivity index is 2.10. The van der Waals surface area contributed by atoms with Gasteiger partial charge in [-0.3, -0.25) is 14.5 Å². The third kappa shape index (κ3) is 3.44. The van der Waals surface area contributed by atoms with E-state index in [1.165, 1.54) is 23.1 Å². The molecule has 8 heteroatoms. The minimum Gasteiger partial charge on any atom is -0.369 e. The summed E-state index contributed by atoms with van der Waals surface area (Å²) in [5, 5.41) is 8.35. The largest absolute Gasteiger partial charge is 0.369 e. The van der Waals surface area contributed by atoms with Gasteiger partial charge in [0.25, 0.3) is 0 Å². The molecule has 1 aromatic rings. The molecule has 0 aromatic carbocycles. The van der Waals surface area contributed by atoms with Crippen molar-refractivity contribution in [3.63, 3.8) is 0 Å². The maximum atomic E-state index is 11.9. The van der Waals surface area contributed by atoms with Crippen LogP contribution in [0.5, 0.6) is 0 Å². The van der Waals surface area contributed by atoms with Gasteiger partial charge in [-0.25, -0.2) is 0 Å². The summed E-state index contributed by atoms with van der Waals surface area (Å²) in [5.41, 5.74) is 5.21. The molecule has 6 nitrogen and oxygen atoms in total. The number of carbonyl (C=O) groups is 2. The molecule has 1 fully saturated rings. The van der Waals surface area contributed by atoms with E-state index in [0.717, 1.165) is 12.8 Å². The number of aromatic nitrogens is 2. The third-order valence-electron chi connectivity index (χ3n) is 2.76. The quantitative estimate of drug-likeness (QED) is 0.634. The molecule has 1 heterocycles. The first kappa shape index (κ1) is 14.3. The molecule has 0 bridgehead atoms. The van der Waals surface area contributed by atoms with Gasteiger partial charge in [-0.15, -0.1) is 10.2 Å². The molecule has 1 saturated carbocycles. The van der Waals surface area contributed by atoms with E-state index in [0.29, 0.717) is 15.9 Å². The number of anilines is 1. The fourth-order valence-electron chi connectivity index (χ4n) is 1.53. The van der Waals surface area contributed by atoms with E-state index in [2.05, 4.69) is 10.2 Å². The summed E-state index contributed by atoms with van der Waals surface area (Å²) in [5.74, 6) is -0.316. The Bertz CT molecular complexity index is 487. The second kappa shape index (κ2) is 5.87. The molecule has 0 unspecified atom stereocenters. The van der Waals surface area contributed by atoms with Crippen LogP contribution in [0.15, 0.2) is 4.34 Å². The van der Waals surface area contributed by atoms with Crippen molar-refractivity contribution in [3.05, 3.63) is 0 Å². The molecule has 1 aliphatic rings. The lowest BCUT2D eigenvalue weighted by molar-refractivity contribution is -0.118. The van der Waals surface area contributed by atoms with Crippen LogP contribution in [0.1, 0.15) is 33.1 Å². The molecule has 1 atom stereocenters. The second-order valence-corrected chi connectivity index (χ2v) is 6.91. The Morgan fingerprint density at radius 1 is 1.53 bits per heavy atom. The molecule has 19 heavy (non-hydrogen) atoms. The van der Waals surface area contributed by atoms with E-state index in [4.69, 9.17) is 5.73 Å². The van der Waals surface area contributed by atoms with Crippen molar-refractivity contribution in [2.24, 2.45) is 5.73 Å². The summed E-state index contributed by atoms with van der Waals surface area (Å²) in [4.78, 5) is 24.7. The maximum absolute atomic E-state index is 11.9. The Morgan fingerprint density at radius 2 is 2.21 bits per heavy atom. The van der Waals surface area contributed by atoms with Crippen molar-refractivity contribution in [2.75, 3.05) is 4.90 Å². The highest BCUT2D eigenvalue weighted by atomic mass is 32.2. The number of carbonyl (C=O) groups excluding carboxylic acids is 2. The summed E-state index contributed by atoms with van der Waals surface area (Å²) in [6.07, 6.45) is 2.49. The highest BCUT2D eigenvalue weighted by Gasteiger charge is 2.35. The van der Waals surface area contributed by atoms with Crippen LogP contribution < -0.4 is 10.6 Å². The van der Waals surface area contributed by atoms with E-state index in [-0.39, 0.29) is 23.1 Å². The number of nitrogens with zero attached hydrogens (tertiary/aromatic N) is 3. The van der Waals surface area contributed by atoms with Crippen LogP contribution >= 0.6 is 23.1 Å². The predicted molar refractivity (Wildman–Crippen MR) is 75.2 cm³/mol. The summed E-state index contributed by atoms with van der Waals surface area (Å²) in [6.45, 7) is 3.56. The summed E-state index contributed by atoms with van der Waals surface area (Å²) < 4.78 is 0.663. The molecule has 0 spiro atoms. The molecule has 0 saturated heterocycles. The van der Waals surface area contributed by atoms with E-state index >= 15 is 0 Å². The van der Waals surface area contributed by atoms with Gasteiger partial charge in [0, 0.05) is 12.5 Å². The standard InChI is InChI=1S/C11H16N4O2S2/c1-3-8(16)15(7-4-5-7)10-13-14-11(19-10)18-6(2)9(12)17/h6-7H,3-5H2,1-2H3,(H2,12,17)/t6-/m1/s1. The van der Waals surface area contributed by atoms with Gasteiger partial charge in [0.2, 0.25) is 16.9 Å². The predicted octanol–water partition coefficient (Wildman–Crippen LogP) is 1.41. The molecular formula is C11H16N4O2S2. The SMILES string of the molecule is CCC(=O)N(c1nnc(S[C@H](C)C(N)=O)s1)C1CC1. The zero-order valence-corrected chi connectivity index (χ0v) is 12.5. The van der Waals surface area contributed by atoms with Crippen LogP contribution in [0.2, 0.25) is 0 Å². The molecule has 2 N–H and O–H groups in total. The number of primary amides is 1. The van der Waals surface area contributed by atoms with Crippen molar-refractivity contribution < 1.29 is 9.59 Å². The van der Waals surface area contributed by atoms with Gasteiger partial charge in [-0.05, 0) is 19.8 Å². The van der Waals surface area contributed by atoms with Gasteiger partial charge in [-0.1, -0.05) is 30.0 Å². The highest BCUT2D eigenvalue weighted by molar-refractivity contribution is 8.02. The molecule has 1 aromatic heterocycles. The fraction of sp³-hybridized carbons (Fsp3) is 0.636. The van der Waals surface area contributed by atoms with Crippen molar-refractivity contribution in [1.29, 1.82) is 0 Å². The number of thioether (sulfide) groups is 1. The summed E-state index contributed by atoms with van der Waals surface area (Å²) in [7, 11) is 0. The third-order valence-corrected chi connectivity index (χ3v) is 4.89. The smallest absolute Gasteiger partial charge is 0.230 e. The van der Waals surface area contributed by atoms with Crippen LogP contribution in [-0.2, 0) is 9.59 Å². The summed E-state index contributed by atoms with van der Waals surface area (Å²) in [6, 6.07) is 0.270. The molecule has 2 amide bonds. The van der Waals surface area contributed by atoms with Gasteiger partial charge in [0.15, 0.2) is 4.34 Å². The van der Waals surface area contributed by atoms with Crippen molar-refractivity contribution >= 4 is 40.0 Å². The van der Waals surface area contributed by atoms with Crippen molar-refractivity contribution in [1.82, 2.24) is 10.2 Å². The number of rotatable bonds is 6. The first-order valence-corrected chi connectivity index (χ1v) is 7.84. The zero-order valence-electron chi connectivity index (χ0n) is 10.8. The summed E-state index contributed by atoms with van der Waals surface area (Å²) >= 11 is 2.61. The molecule has 2 rings (SSSR count). The molecule has 0 aliphatic heterocycles. The molecule has 0 radical (unpaired) electrons. The zero-order chi connectivity index (χ0) is 14.0. The monoisotopic (exact) mass is 300 g/mol. The van der Waals surface area contributed by atoms with Gasteiger partial charge >= 0.3 is 0 Å². The van der Waals surface area contributed by atoms with E-state index < -0.39 is 0 Å². The van der Waals surface area contributed by atoms with E-state index in [1.54, 1.807) is 11.8 Å². The number of amides is 2. The van der Waals surface area contributed by atoms with Crippen LogP contribution in [0.25, 0.3) is 0 Å². The molecular weight excluding hydrogens is 284 g/mol. The van der Waals surface area contributed by atoms with E-state index in [1.807, 2.05) is 6.92 Å². The Labute approximate surface area is 119 Å². The lowest BCUT2D eigenvalue weighted by atomic mass is 10.4.